The molecule has 9 heteroatoms. The minimum atomic E-state index is -3.72. The molecule has 1 aromatic heterocycles. The van der Waals surface area contributed by atoms with E-state index in [1.807, 2.05) is 18.2 Å². The molecule has 2 heterocycles. The summed E-state index contributed by atoms with van der Waals surface area (Å²) in [7, 11) is -3.72. The zero-order valence-corrected chi connectivity index (χ0v) is 17.8. The van der Waals surface area contributed by atoms with Crippen LogP contribution in [0.5, 0.6) is 0 Å². The molecule has 0 atom stereocenters. The van der Waals surface area contributed by atoms with Crippen molar-refractivity contribution in [3.63, 3.8) is 0 Å². The maximum atomic E-state index is 11.9. The minimum Gasteiger partial charge on any atom is -0.375 e. The Hall–Kier alpha value is -3.46. The Morgan fingerprint density at radius 1 is 1.10 bits per heavy atom. The van der Waals surface area contributed by atoms with Gasteiger partial charge < -0.3 is 10.2 Å². The van der Waals surface area contributed by atoms with Gasteiger partial charge in [0.15, 0.2) is 9.84 Å². The van der Waals surface area contributed by atoms with Gasteiger partial charge in [0.25, 0.3) is 0 Å². The van der Waals surface area contributed by atoms with E-state index in [-0.39, 0.29) is 17.1 Å². The quantitative estimate of drug-likeness (QED) is 0.463. The number of nitrogens with zero attached hydrogens (tertiary/aromatic N) is 3. The number of nitro benzene ring substituents is 1. The molecule has 0 spiro atoms. The first kappa shape index (κ1) is 20.8. The molecule has 8 nitrogen and oxygen atoms in total. The maximum absolute atomic E-state index is 11.9. The van der Waals surface area contributed by atoms with E-state index >= 15 is 0 Å². The number of sulfone groups is 1. The lowest BCUT2D eigenvalue weighted by Crippen LogP contribution is -2.30. The van der Waals surface area contributed by atoms with Gasteiger partial charge >= 0.3 is 5.69 Å². The summed E-state index contributed by atoms with van der Waals surface area (Å²) >= 11 is 0. The number of benzene rings is 2. The number of nitrogens with one attached hydrogen (secondary N) is 1. The van der Waals surface area contributed by atoms with Crippen LogP contribution in [0.1, 0.15) is 16.7 Å². The molecular weight excluding hydrogens is 416 g/mol. The van der Waals surface area contributed by atoms with Crippen molar-refractivity contribution in [1.29, 1.82) is 0 Å². The number of aromatic nitrogens is 1. The number of fused-ring (bicyclic) bond motifs is 1. The van der Waals surface area contributed by atoms with Crippen molar-refractivity contribution in [2.75, 3.05) is 23.0 Å². The molecule has 0 unspecified atom stereocenters. The normalized spacial score (nSPS) is 13.5. The Morgan fingerprint density at radius 3 is 2.55 bits per heavy atom. The molecular formula is C22H22N4O4S. The predicted molar refractivity (Wildman–Crippen MR) is 119 cm³/mol. The van der Waals surface area contributed by atoms with Crippen molar-refractivity contribution in [3.8, 4) is 0 Å². The van der Waals surface area contributed by atoms with E-state index < -0.39 is 20.4 Å². The fourth-order valence-corrected chi connectivity index (χ4v) is 4.61. The number of rotatable bonds is 6. The Balaban J connectivity index is 1.48. The summed E-state index contributed by atoms with van der Waals surface area (Å²) in [4.78, 5) is 17.3. The van der Waals surface area contributed by atoms with Gasteiger partial charge in [0.1, 0.15) is 16.4 Å². The molecule has 0 saturated heterocycles. The highest BCUT2D eigenvalue weighted by atomic mass is 32.2. The van der Waals surface area contributed by atoms with Gasteiger partial charge in [-0.2, -0.15) is 0 Å². The summed E-state index contributed by atoms with van der Waals surface area (Å²) in [6.07, 6.45) is 3.66. The average Bonchev–Trinajstić information content (AvgIpc) is 2.76. The second-order valence-corrected chi connectivity index (χ2v) is 9.48. The monoisotopic (exact) mass is 438 g/mol. The lowest BCUT2D eigenvalue weighted by Gasteiger charge is -2.29. The number of anilines is 2. The Labute approximate surface area is 180 Å². The van der Waals surface area contributed by atoms with Crippen molar-refractivity contribution in [2.45, 2.75) is 24.4 Å². The van der Waals surface area contributed by atoms with Gasteiger partial charge in [-0.25, -0.2) is 13.4 Å². The molecule has 1 aliphatic rings. The van der Waals surface area contributed by atoms with Crippen LogP contribution >= 0.6 is 0 Å². The van der Waals surface area contributed by atoms with E-state index in [1.54, 1.807) is 6.20 Å². The summed E-state index contributed by atoms with van der Waals surface area (Å²) in [5.41, 5.74) is 3.23. The van der Waals surface area contributed by atoms with Crippen molar-refractivity contribution in [1.82, 2.24) is 4.98 Å². The summed E-state index contributed by atoms with van der Waals surface area (Å²) in [5, 5.41) is 14.5. The third-order valence-electron chi connectivity index (χ3n) is 5.33. The van der Waals surface area contributed by atoms with Crippen molar-refractivity contribution < 1.29 is 13.3 Å². The van der Waals surface area contributed by atoms with E-state index in [0.717, 1.165) is 37.1 Å². The first-order valence-electron chi connectivity index (χ1n) is 9.81. The molecule has 4 rings (SSSR count). The van der Waals surface area contributed by atoms with E-state index in [0.29, 0.717) is 0 Å². The van der Waals surface area contributed by atoms with Crippen LogP contribution in [-0.4, -0.2) is 31.1 Å². The van der Waals surface area contributed by atoms with Crippen LogP contribution in [0.15, 0.2) is 65.7 Å². The second kappa shape index (κ2) is 8.35. The van der Waals surface area contributed by atoms with Gasteiger partial charge in [-0.15, -0.1) is 0 Å². The standard InChI is InChI=1S/C22H22N4O4S/c1-31(29,30)20-8-4-7-19(22(20)26(27)28)23-13-16-9-10-21(24-14-16)25-12-11-17-5-2-3-6-18(17)15-25/h2-10,14,23H,11-13,15H2,1H3. The molecule has 1 aliphatic heterocycles. The first-order valence-corrected chi connectivity index (χ1v) is 11.7. The molecule has 2 aromatic carbocycles. The largest absolute Gasteiger partial charge is 0.375 e. The molecule has 1 N–H and O–H groups in total. The van der Waals surface area contributed by atoms with Gasteiger partial charge in [0.05, 0.1) is 4.92 Å². The topological polar surface area (TPSA) is 105 Å². The van der Waals surface area contributed by atoms with E-state index in [4.69, 9.17) is 0 Å². The SMILES string of the molecule is CS(=O)(=O)c1cccc(NCc2ccc(N3CCc4ccccc4C3)nc2)c1[N+](=O)[O-]. The Kier molecular flexibility index (Phi) is 5.60. The van der Waals surface area contributed by atoms with Gasteiger partial charge in [-0.3, -0.25) is 10.1 Å². The lowest BCUT2D eigenvalue weighted by molar-refractivity contribution is -0.386. The van der Waals surface area contributed by atoms with Gasteiger partial charge in [0, 0.05) is 32.1 Å². The van der Waals surface area contributed by atoms with Crippen LogP contribution in [0, 0.1) is 10.1 Å². The molecule has 3 aromatic rings. The molecule has 0 amide bonds. The number of pyridine rings is 1. The van der Waals surface area contributed by atoms with E-state index in [9.17, 15) is 18.5 Å². The van der Waals surface area contributed by atoms with Crippen LogP contribution in [0.4, 0.5) is 17.2 Å². The molecule has 0 radical (unpaired) electrons. The van der Waals surface area contributed by atoms with Crippen molar-refractivity contribution in [2.24, 2.45) is 0 Å². The third-order valence-corrected chi connectivity index (χ3v) is 6.46. The molecule has 0 fully saturated rings. The summed E-state index contributed by atoms with van der Waals surface area (Å²) in [6, 6.07) is 16.5. The van der Waals surface area contributed by atoms with Crippen LogP contribution in [0.2, 0.25) is 0 Å². The van der Waals surface area contributed by atoms with Gasteiger partial charge in [-0.05, 0) is 41.3 Å². The zero-order chi connectivity index (χ0) is 22.0. The summed E-state index contributed by atoms with van der Waals surface area (Å²) in [6.45, 7) is 1.99. The number of nitro groups is 1. The molecule has 0 bridgehead atoms. The predicted octanol–water partition coefficient (Wildman–Crippen LogP) is 3.57. The lowest BCUT2D eigenvalue weighted by atomic mass is 10.00. The minimum absolute atomic E-state index is 0.157. The Bertz CT molecular complexity index is 1230. The smallest absolute Gasteiger partial charge is 0.310 e. The number of para-hydroxylation sites is 1. The molecule has 0 saturated carbocycles. The van der Waals surface area contributed by atoms with Crippen LogP contribution in [-0.2, 0) is 29.3 Å². The third kappa shape index (κ3) is 4.51. The Morgan fingerprint density at radius 2 is 1.87 bits per heavy atom. The summed E-state index contributed by atoms with van der Waals surface area (Å²) < 4.78 is 23.8. The molecule has 31 heavy (non-hydrogen) atoms. The van der Waals surface area contributed by atoms with E-state index in [2.05, 4.69) is 33.4 Å². The maximum Gasteiger partial charge on any atom is 0.310 e. The summed E-state index contributed by atoms with van der Waals surface area (Å²) in [5.74, 6) is 0.878. The highest BCUT2D eigenvalue weighted by molar-refractivity contribution is 7.90. The first-order chi connectivity index (χ1) is 14.8. The highest BCUT2D eigenvalue weighted by Crippen LogP contribution is 2.32. The number of hydrogen-bond acceptors (Lipinski definition) is 7. The van der Waals surface area contributed by atoms with Gasteiger partial charge in [-0.1, -0.05) is 36.4 Å². The average molecular weight is 439 g/mol. The molecule has 0 aliphatic carbocycles. The zero-order valence-electron chi connectivity index (χ0n) is 17.0. The fraction of sp³-hybridized carbons (Fsp3) is 0.227. The fourth-order valence-electron chi connectivity index (χ4n) is 3.75. The van der Waals surface area contributed by atoms with E-state index in [1.165, 1.54) is 29.3 Å². The highest BCUT2D eigenvalue weighted by Gasteiger charge is 2.26. The van der Waals surface area contributed by atoms with Crippen LogP contribution in [0.25, 0.3) is 0 Å². The number of hydrogen-bond donors (Lipinski definition) is 1. The van der Waals surface area contributed by atoms with Gasteiger partial charge in [0.2, 0.25) is 0 Å². The second-order valence-electron chi connectivity index (χ2n) is 7.50. The molecule has 160 valence electrons. The van der Waals surface area contributed by atoms with Crippen molar-refractivity contribution in [3.05, 3.63) is 87.6 Å². The van der Waals surface area contributed by atoms with Crippen LogP contribution < -0.4 is 10.2 Å². The van der Waals surface area contributed by atoms with Crippen LogP contribution in [0.3, 0.4) is 0 Å². The van der Waals surface area contributed by atoms with Crippen molar-refractivity contribution >= 4 is 27.0 Å².